The number of aromatic amines is 1. The maximum absolute atomic E-state index is 5.28. The largest absolute Gasteiger partial charge is 0.496 e. The van der Waals surface area contributed by atoms with Crippen molar-refractivity contribution < 1.29 is 4.74 Å². The Labute approximate surface area is 82.7 Å². The first-order valence-electron chi connectivity index (χ1n) is 4.45. The van der Waals surface area contributed by atoms with E-state index in [1.165, 1.54) is 5.56 Å². The predicted molar refractivity (Wildman–Crippen MR) is 55.3 cm³/mol. The number of nitrogens with one attached hydrogen (secondary N) is 1. The van der Waals surface area contributed by atoms with Crippen LogP contribution in [-0.2, 0) is 0 Å². The number of aryl methyl sites for hydroxylation is 1. The van der Waals surface area contributed by atoms with Gasteiger partial charge in [0.15, 0.2) is 0 Å². The molecule has 1 heterocycles. The van der Waals surface area contributed by atoms with Gasteiger partial charge in [-0.25, -0.2) is 0 Å². The highest BCUT2D eigenvalue weighted by molar-refractivity contribution is 5.67. The van der Waals surface area contributed by atoms with E-state index in [1.807, 2.05) is 18.2 Å². The van der Waals surface area contributed by atoms with Crippen molar-refractivity contribution in [1.82, 2.24) is 10.2 Å². The van der Waals surface area contributed by atoms with Crippen LogP contribution >= 0.6 is 0 Å². The third kappa shape index (κ3) is 1.48. The van der Waals surface area contributed by atoms with Crippen LogP contribution in [0.15, 0.2) is 30.5 Å². The summed E-state index contributed by atoms with van der Waals surface area (Å²) >= 11 is 0. The van der Waals surface area contributed by atoms with Crippen LogP contribution in [0.4, 0.5) is 0 Å². The second-order valence-corrected chi connectivity index (χ2v) is 3.17. The van der Waals surface area contributed by atoms with Gasteiger partial charge >= 0.3 is 0 Å². The molecule has 1 N–H and O–H groups in total. The molecule has 3 nitrogen and oxygen atoms in total. The molecule has 0 atom stereocenters. The highest BCUT2D eigenvalue weighted by atomic mass is 16.5. The summed E-state index contributed by atoms with van der Waals surface area (Å²) in [6, 6.07) is 7.99. The molecule has 0 aliphatic rings. The lowest BCUT2D eigenvalue weighted by Gasteiger charge is -2.07. The van der Waals surface area contributed by atoms with E-state index < -0.39 is 0 Å². The normalized spacial score (nSPS) is 10.1. The molecule has 2 rings (SSSR count). The van der Waals surface area contributed by atoms with Crippen molar-refractivity contribution in [3.63, 3.8) is 0 Å². The van der Waals surface area contributed by atoms with Crippen molar-refractivity contribution in [2.24, 2.45) is 0 Å². The molecule has 0 spiro atoms. The Morgan fingerprint density at radius 1 is 1.29 bits per heavy atom. The van der Waals surface area contributed by atoms with E-state index in [4.69, 9.17) is 4.74 Å². The molecule has 2 aromatic rings. The van der Waals surface area contributed by atoms with Gasteiger partial charge < -0.3 is 4.74 Å². The van der Waals surface area contributed by atoms with E-state index in [-0.39, 0.29) is 0 Å². The van der Waals surface area contributed by atoms with Crippen molar-refractivity contribution >= 4 is 0 Å². The number of ether oxygens (including phenoxy) is 1. The van der Waals surface area contributed by atoms with Crippen LogP contribution in [0.5, 0.6) is 5.75 Å². The fourth-order valence-electron chi connectivity index (χ4n) is 1.44. The van der Waals surface area contributed by atoms with E-state index in [9.17, 15) is 0 Å². The summed E-state index contributed by atoms with van der Waals surface area (Å²) < 4.78 is 5.28. The molecule has 14 heavy (non-hydrogen) atoms. The van der Waals surface area contributed by atoms with Gasteiger partial charge in [-0.15, -0.1) is 0 Å². The van der Waals surface area contributed by atoms with Gasteiger partial charge in [-0.1, -0.05) is 11.6 Å². The highest BCUT2D eigenvalue weighted by Crippen LogP contribution is 2.28. The maximum Gasteiger partial charge on any atom is 0.128 e. The van der Waals surface area contributed by atoms with Crippen molar-refractivity contribution in [2.45, 2.75) is 6.92 Å². The molecule has 0 aliphatic carbocycles. The standard InChI is InChI=1S/C11H12N2O/c1-8-3-4-11(14-2)9(7-8)10-5-6-12-13-10/h3-7H,1-2H3,(H,12,13). The van der Waals surface area contributed by atoms with Gasteiger partial charge in [0.2, 0.25) is 0 Å². The van der Waals surface area contributed by atoms with Crippen molar-refractivity contribution in [3.05, 3.63) is 36.0 Å². The van der Waals surface area contributed by atoms with E-state index >= 15 is 0 Å². The molecule has 0 saturated heterocycles. The van der Waals surface area contributed by atoms with Gasteiger partial charge in [0.1, 0.15) is 5.75 Å². The van der Waals surface area contributed by atoms with Crippen LogP contribution in [0.3, 0.4) is 0 Å². The zero-order valence-electron chi connectivity index (χ0n) is 8.24. The molecule has 1 aromatic carbocycles. The molecule has 0 unspecified atom stereocenters. The summed E-state index contributed by atoms with van der Waals surface area (Å²) in [5.74, 6) is 0.861. The van der Waals surface area contributed by atoms with Crippen molar-refractivity contribution in [1.29, 1.82) is 0 Å². The third-order valence-electron chi connectivity index (χ3n) is 2.15. The monoisotopic (exact) mass is 188 g/mol. The summed E-state index contributed by atoms with van der Waals surface area (Å²) in [5.41, 5.74) is 3.23. The SMILES string of the molecule is COc1ccc(C)cc1-c1ccn[nH]1. The van der Waals surface area contributed by atoms with Crippen LogP contribution in [0.1, 0.15) is 5.56 Å². The molecule has 0 amide bonds. The maximum atomic E-state index is 5.28. The number of methoxy groups -OCH3 is 1. The molecule has 72 valence electrons. The van der Waals surface area contributed by atoms with Gasteiger partial charge in [-0.2, -0.15) is 5.10 Å². The number of nitrogens with zero attached hydrogens (tertiary/aromatic N) is 1. The molecular formula is C11H12N2O. The first kappa shape index (κ1) is 8.81. The number of benzene rings is 1. The van der Waals surface area contributed by atoms with Crippen molar-refractivity contribution in [2.75, 3.05) is 7.11 Å². The van der Waals surface area contributed by atoms with E-state index in [0.717, 1.165) is 17.0 Å². The minimum absolute atomic E-state index is 0.861. The lowest BCUT2D eigenvalue weighted by molar-refractivity contribution is 0.416. The Morgan fingerprint density at radius 3 is 2.79 bits per heavy atom. The lowest BCUT2D eigenvalue weighted by Crippen LogP contribution is -1.88. The lowest BCUT2D eigenvalue weighted by atomic mass is 10.1. The fourth-order valence-corrected chi connectivity index (χ4v) is 1.44. The summed E-state index contributed by atoms with van der Waals surface area (Å²) in [5, 5.41) is 6.85. The van der Waals surface area contributed by atoms with E-state index in [1.54, 1.807) is 13.3 Å². The summed E-state index contributed by atoms with van der Waals surface area (Å²) in [6.45, 7) is 2.05. The Kier molecular flexibility index (Phi) is 2.23. The fraction of sp³-hybridized carbons (Fsp3) is 0.182. The average Bonchev–Trinajstić information content (AvgIpc) is 2.70. The Bertz CT molecular complexity index is 421. The smallest absolute Gasteiger partial charge is 0.128 e. The Morgan fingerprint density at radius 2 is 2.14 bits per heavy atom. The van der Waals surface area contributed by atoms with Crippen LogP contribution in [0, 0.1) is 6.92 Å². The quantitative estimate of drug-likeness (QED) is 0.785. The van der Waals surface area contributed by atoms with Crippen LogP contribution in [-0.4, -0.2) is 17.3 Å². The summed E-state index contributed by atoms with van der Waals surface area (Å²) in [7, 11) is 1.67. The Balaban J connectivity index is 2.55. The summed E-state index contributed by atoms with van der Waals surface area (Å²) in [4.78, 5) is 0. The number of rotatable bonds is 2. The number of hydrogen-bond donors (Lipinski definition) is 1. The van der Waals surface area contributed by atoms with Gasteiger partial charge in [0, 0.05) is 11.8 Å². The molecule has 1 aromatic heterocycles. The van der Waals surface area contributed by atoms with E-state index in [0.29, 0.717) is 0 Å². The topological polar surface area (TPSA) is 37.9 Å². The molecule has 0 aliphatic heterocycles. The van der Waals surface area contributed by atoms with Crippen LogP contribution < -0.4 is 4.74 Å². The molecule has 0 radical (unpaired) electrons. The van der Waals surface area contributed by atoms with Crippen LogP contribution in [0.25, 0.3) is 11.3 Å². The van der Waals surface area contributed by atoms with Gasteiger partial charge in [0.25, 0.3) is 0 Å². The highest BCUT2D eigenvalue weighted by Gasteiger charge is 2.06. The minimum Gasteiger partial charge on any atom is -0.496 e. The van der Waals surface area contributed by atoms with E-state index in [2.05, 4.69) is 23.2 Å². The first-order valence-corrected chi connectivity index (χ1v) is 4.45. The van der Waals surface area contributed by atoms with Crippen molar-refractivity contribution in [3.8, 4) is 17.0 Å². The molecule has 0 saturated carbocycles. The number of H-pyrrole nitrogens is 1. The Hall–Kier alpha value is -1.77. The van der Waals surface area contributed by atoms with Gasteiger partial charge in [-0.3, -0.25) is 5.10 Å². The number of aromatic nitrogens is 2. The number of hydrogen-bond acceptors (Lipinski definition) is 2. The second kappa shape index (κ2) is 3.54. The first-order chi connectivity index (χ1) is 6.81. The van der Waals surface area contributed by atoms with Crippen LogP contribution in [0.2, 0.25) is 0 Å². The zero-order valence-corrected chi connectivity index (χ0v) is 8.24. The molecule has 0 fully saturated rings. The molecular weight excluding hydrogens is 176 g/mol. The molecule has 0 bridgehead atoms. The van der Waals surface area contributed by atoms with Gasteiger partial charge in [0.05, 0.1) is 12.8 Å². The predicted octanol–water partition coefficient (Wildman–Crippen LogP) is 2.39. The zero-order chi connectivity index (χ0) is 9.97. The minimum atomic E-state index is 0.861. The molecule has 3 heteroatoms. The average molecular weight is 188 g/mol. The van der Waals surface area contributed by atoms with Gasteiger partial charge in [-0.05, 0) is 25.1 Å². The third-order valence-corrected chi connectivity index (χ3v) is 2.15. The second-order valence-electron chi connectivity index (χ2n) is 3.17. The summed E-state index contributed by atoms with van der Waals surface area (Å²) in [6.07, 6.45) is 1.73.